The Balaban J connectivity index is 2.04. The van der Waals surface area contributed by atoms with E-state index in [1.54, 1.807) is 12.1 Å². The number of amidine groups is 1. The van der Waals surface area contributed by atoms with Gasteiger partial charge in [-0.2, -0.15) is 5.10 Å². The van der Waals surface area contributed by atoms with E-state index in [-0.39, 0.29) is 5.84 Å². The Morgan fingerprint density at radius 3 is 3.05 bits per heavy atom. The van der Waals surface area contributed by atoms with Crippen LogP contribution in [0.5, 0.6) is 5.75 Å². The van der Waals surface area contributed by atoms with Crippen molar-refractivity contribution in [1.82, 2.24) is 14.8 Å². The molecule has 0 aliphatic heterocycles. The maximum absolute atomic E-state index is 7.39. The fourth-order valence-corrected chi connectivity index (χ4v) is 1.70. The highest BCUT2D eigenvalue weighted by molar-refractivity contribution is 5.95. The third-order valence-corrected chi connectivity index (χ3v) is 2.64. The number of hydrogen-bond acceptors (Lipinski definition) is 4. The van der Waals surface area contributed by atoms with Crippen LogP contribution in [-0.2, 0) is 13.2 Å². The second kappa shape index (κ2) is 5.99. The van der Waals surface area contributed by atoms with Gasteiger partial charge in [-0.05, 0) is 18.6 Å². The summed E-state index contributed by atoms with van der Waals surface area (Å²) in [5, 5.41) is 11.5. The van der Waals surface area contributed by atoms with Crippen LogP contribution >= 0.6 is 0 Å². The van der Waals surface area contributed by atoms with Gasteiger partial charge in [0, 0.05) is 12.1 Å². The largest absolute Gasteiger partial charge is 0.486 e. The summed E-state index contributed by atoms with van der Waals surface area (Å²) in [6.45, 7) is 3.26. The van der Waals surface area contributed by atoms with Crippen LogP contribution in [0.3, 0.4) is 0 Å². The van der Waals surface area contributed by atoms with Crippen molar-refractivity contribution in [3.05, 3.63) is 42.0 Å². The van der Waals surface area contributed by atoms with E-state index < -0.39 is 0 Å². The summed E-state index contributed by atoms with van der Waals surface area (Å²) in [7, 11) is 0. The van der Waals surface area contributed by atoms with Crippen LogP contribution in [0.4, 0.5) is 0 Å². The summed E-state index contributed by atoms with van der Waals surface area (Å²) in [4.78, 5) is 4.17. The van der Waals surface area contributed by atoms with E-state index in [2.05, 4.69) is 17.0 Å². The molecule has 1 heterocycles. The summed E-state index contributed by atoms with van der Waals surface area (Å²) in [6, 6.07) is 7.15. The molecule has 0 aliphatic carbocycles. The van der Waals surface area contributed by atoms with Crippen LogP contribution in [-0.4, -0.2) is 20.6 Å². The highest BCUT2D eigenvalue weighted by Crippen LogP contribution is 2.14. The lowest BCUT2D eigenvalue weighted by Gasteiger charge is -2.08. The summed E-state index contributed by atoms with van der Waals surface area (Å²) in [5.41, 5.74) is 6.08. The van der Waals surface area contributed by atoms with Gasteiger partial charge in [0.05, 0.1) is 0 Å². The number of nitrogens with one attached hydrogen (secondary N) is 1. The first-order valence-electron chi connectivity index (χ1n) is 6.14. The van der Waals surface area contributed by atoms with Crippen LogP contribution in [0.15, 0.2) is 30.6 Å². The van der Waals surface area contributed by atoms with Gasteiger partial charge in [0.15, 0.2) is 5.82 Å². The minimum atomic E-state index is 0.0274. The van der Waals surface area contributed by atoms with Gasteiger partial charge in [-0.3, -0.25) is 5.41 Å². The van der Waals surface area contributed by atoms with Crippen LogP contribution in [0.25, 0.3) is 0 Å². The minimum absolute atomic E-state index is 0.0274. The third kappa shape index (κ3) is 3.31. The zero-order valence-electron chi connectivity index (χ0n) is 10.8. The molecule has 0 amide bonds. The van der Waals surface area contributed by atoms with E-state index in [1.165, 1.54) is 6.33 Å². The Morgan fingerprint density at radius 2 is 2.32 bits per heavy atom. The standard InChI is InChI=1S/C13H17N5O/c1-2-6-18-12(16-9-17-18)8-19-11-5-3-4-10(7-11)13(14)15/h3-5,7,9H,2,6,8H2,1H3,(H3,14,15). The minimum Gasteiger partial charge on any atom is -0.486 e. The zero-order valence-corrected chi connectivity index (χ0v) is 10.8. The van der Waals surface area contributed by atoms with Crippen molar-refractivity contribution in [3.8, 4) is 5.75 Å². The number of aryl methyl sites for hydroxylation is 1. The molecule has 0 radical (unpaired) electrons. The average molecular weight is 259 g/mol. The predicted octanol–water partition coefficient (Wildman–Crippen LogP) is 1.55. The van der Waals surface area contributed by atoms with E-state index >= 15 is 0 Å². The van der Waals surface area contributed by atoms with E-state index in [1.807, 2.05) is 16.8 Å². The molecule has 0 fully saturated rings. The number of nitrogens with two attached hydrogens (primary N) is 1. The molecular weight excluding hydrogens is 242 g/mol. The molecule has 0 unspecified atom stereocenters. The molecule has 2 rings (SSSR count). The van der Waals surface area contributed by atoms with Crippen molar-refractivity contribution < 1.29 is 4.74 Å². The topological polar surface area (TPSA) is 89.8 Å². The van der Waals surface area contributed by atoms with Gasteiger partial charge in [-0.25, -0.2) is 9.67 Å². The molecule has 0 aliphatic rings. The summed E-state index contributed by atoms with van der Waals surface area (Å²) < 4.78 is 7.48. The van der Waals surface area contributed by atoms with Gasteiger partial charge in [-0.15, -0.1) is 0 Å². The van der Waals surface area contributed by atoms with Crippen molar-refractivity contribution >= 4 is 5.84 Å². The van der Waals surface area contributed by atoms with Crippen LogP contribution in [0, 0.1) is 5.41 Å². The lowest BCUT2D eigenvalue weighted by Crippen LogP contribution is -2.11. The quantitative estimate of drug-likeness (QED) is 0.608. The molecule has 19 heavy (non-hydrogen) atoms. The molecule has 0 atom stereocenters. The molecule has 0 saturated carbocycles. The molecule has 1 aromatic carbocycles. The van der Waals surface area contributed by atoms with Crippen molar-refractivity contribution in [3.63, 3.8) is 0 Å². The number of aromatic nitrogens is 3. The lowest BCUT2D eigenvalue weighted by molar-refractivity contribution is 0.286. The van der Waals surface area contributed by atoms with Gasteiger partial charge in [0.2, 0.25) is 0 Å². The number of nitrogens with zero attached hydrogens (tertiary/aromatic N) is 3. The van der Waals surface area contributed by atoms with Crippen molar-refractivity contribution in [1.29, 1.82) is 5.41 Å². The van der Waals surface area contributed by atoms with Gasteiger partial charge < -0.3 is 10.5 Å². The molecule has 1 aromatic heterocycles. The van der Waals surface area contributed by atoms with Crippen LogP contribution in [0.2, 0.25) is 0 Å². The van der Waals surface area contributed by atoms with Gasteiger partial charge >= 0.3 is 0 Å². The average Bonchev–Trinajstić information content (AvgIpc) is 2.85. The zero-order chi connectivity index (χ0) is 13.7. The van der Waals surface area contributed by atoms with Crippen molar-refractivity contribution in [2.24, 2.45) is 5.73 Å². The fourth-order valence-electron chi connectivity index (χ4n) is 1.70. The smallest absolute Gasteiger partial charge is 0.164 e. The first kappa shape index (κ1) is 13.1. The molecule has 6 nitrogen and oxygen atoms in total. The van der Waals surface area contributed by atoms with E-state index in [4.69, 9.17) is 15.9 Å². The monoisotopic (exact) mass is 259 g/mol. The maximum Gasteiger partial charge on any atom is 0.164 e. The predicted molar refractivity (Wildman–Crippen MR) is 72.1 cm³/mol. The van der Waals surface area contributed by atoms with Gasteiger partial charge in [0.1, 0.15) is 24.5 Å². The third-order valence-electron chi connectivity index (χ3n) is 2.64. The highest BCUT2D eigenvalue weighted by atomic mass is 16.5. The van der Waals surface area contributed by atoms with E-state index in [0.717, 1.165) is 18.8 Å². The number of rotatable bonds is 6. The Hall–Kier alpha value is -2.37. The number of nitrogen functional groups attached to an aromatic ring is 1. The molecule has 3 N–H and O–H groups in total. The molecular formula is C13H17N5O. The number of ether oxygens (including phenoxy) is 1. The summed E-state index contributed by atoms with van der Waals surface area (Å²) >= 11 is 0. The van der Waals surface area contributed by atoms with Crippen LogP contribution in [0.1, 0.15) is 24.7 Å². The molecule has 0 saturated heterocycles. The summed E-state index contributed by atoms with van der Waals surface area (Å²) in [5.74, 6) is 1.48. The second-order valence-corrected chi connectivity index (χ2v) is 4.13. The first-order chi connectivity index (χ1) is 9.20. The Bertz CT molecular complexity index is 564. The lowest BCUT2D eigenvalue weighted by atomic mass is 10.2. The van der Waals surface area contributed by atoms with Gasteiger partial charge in [0.25, 0.3) is 0 Å². The molecule has 0 bridgehead atoms. The highest BCUT2D eigenvalue weighted by Gasteiger charge is 2.05. The van der Waals surface area contributed by atoms with E-state index in [0.29, 0.717) is 17.9 Å². The van der Waals surface area contributed by atoms with Gasteiger partial charge in [-0.1, -0.05) is 19.1 Å². The molecule has 6 heteroatoms. The molecule has 2 aromatic rings. The molecule has 100 valence electrons. The Labute approximate surface area is 111 Å². The fraction of sp³-hybridized carbons (Fsp3) is 0.308. The van der Waals surface area contributed by atoms with E-state index in [9.17, 15) is 0 Å². The first-order valence-corrected chi connectivity index (χ1v) is 6.14. The van der Waals surface area contributed by atoms with Crippen molar-refractivity contribution in [2.45, 2.75) is 26.5 Å². The Morgan fingerprint density at radius 1 is 1.47 bits per heavy atom. The number of hydrogen-bond donors (Lipinski definition) is 2. The normalized spacial score (nSPS) is 10.4. The Kier molecular flexibility index (Phi) is 4.12. The number of benzene rings is 1. The maximum atomic E-state index is 7.39. The molecule has 0 spiro atoms. The second-order valence-electron chi connectivity index (χ2n) is 4.13. The SMILES string of the molecule is CCCn1ncnc1COc1cccc(C(=N)N)c1. The van der Waals surface area contributed by atoms with Crippen LogP contribution < -0.4 is 10.5 Å². The van der Waals surface area contributed by atoms with Crippen molar-refractivity contribution in [2.75, 3.05) is 0 Å². The summed E-state index contributed by atoms with van der Waals surface area (Å²) in [6.07, 6.45) is 2.52.